The molecule has 1 aliphatic rings. The Balaban J connectivity index is 2.07. The Labute approximate surface area is 112 Å². The summed E-state index contributed by atoms with van der Waals surface area (Å²) in [6.07, 6.45) is 6.78. The van der Waals surface area contributed by atoms with E-state index in [0.29, 0.717) is 12.0 Å². The lowest BCUT2D eigenvalue weighted by molar-refractivity contribution is 0.183. The lowest BCUT2D eigenvalue weighted by Gasteiger charge is -2.38. The molecule has 1 fully saturated rings. The highest BCUT2D eigenvalue weighted by Gasteiger charge is 2.31. The van der Waals surface area contributed by atoms with Crippen molar-refractivity contribution >= 4 is 0 Å². The fraction of sp³-hybridized carbons (Fsp3) is 0.647. The van der Waals surface area contributed by atoms with Crippen molar-refractivity contribution in [3.05, 3.63) is 35.9 Å². The molecule has 0 aliphatic heterocycles. The Morgan fingerprint density at radius 2 is 1.83 bits per heavy atom. The molecular formula is C17H27N. The summed E-state index contributed by atoms with van der Waals surface area (Å²) in [7, 11) is 0. The summed E-state index contributed by atoms with van der Waals surface area (Å²) in [4.78, 5) is 0. The van der Waals surface area contributed by atoms with Gasteiger partial charge < -0.3 is 5.73 Å². The van der Waals surface area contributed by atoms with Crippen molar-refractivity contribution in [2.45, 2.75) is 57.9 Å². The van der Waals surface area contributed by atoms with E-state index in [-0.39, 0.29) is 0 Å². The Morgan fingerprint density at radius 1 is 1.17 bits per heavy atom. The van der Waals surface area contributed by atoms with Crippen LogP contribution in [0.25, 0.3) is 0 Å². The van der Waals surface area contributed by atoms with Crippen molar-refractivity contribution in [1.29, 1.82) is 0 Å². The number of hydrogen-bond acceptors (Lipinski definition) is 1. The van der Waals surface area contributed by atoms with E-state index in [1.54, 1.807) is 0 Å². The highest BCUT2D eigenvalue weighted by atomic mass is 14.7. The second-order valence-electron chi connectivity index (χ2n) is 5.89. The smallest absolute Gasteiger partial charge is 0.0136 e. The molecule has 2 rings (SSSR count). The molecule has 1 nitrogen and oxygen atoms in total. The number of rotatable bonds is 4. The molecule has 0 aromatic heterocycles. The Kier molecular flexibility index (Phi) is 4.82. The van der Waals surface area contributed by atoms with Crippen LogP contribution in [-0.4, -0.2) is 6.04 Å². The standard InChI is InChI=1S/C17H27N/c1-3-14-9-7-8-12-16(14)17(18)13(2)15-10-5-4-6-11-15/h4-6,10-11,13-14,16-17H,3,7-9,12,18H2,1-2H3. The van der Waals surface area contributed by atoms with Gasteiger partial charge in [0.05, 0.1) is 0 Å². The van der Waals surface area contributed by atoms with Crippen molar-refractivity contribution in [2.75, 3.05) is 0 Å². The molecule has 1 heteroatoms. The summed E-state index contributed by atoms with van der Waals surface area (Å²) in [5, 5.41) is 0. The van der Waals surface area contributed by atoms with E-state index in [1.165, 1.54) is 37.7 Å². The summed E-state index contributed by atoms with van der Waals surface area (Å²) >= 11 is 0. The molecule has 1 saturated carbocycles. The fourth-order valence-corrected chi connectivity index (χ4v) is 3.60. The summed E-state index contributed by atoms with van der Waals surface area (Å²) < 4.78 is 0. The van der Waals surface area contributed by atoms with Crippen LogP contribution in [0.4, 0.5) is 0 Å². The van der Waals surface area contributed by atoms with Crippen LogP contribution in [0.15, 0.2) is 30.3 Å². The maximum atomic E-state index is 6.59. The van der Waals surface area contributed by atoms with Crippen molar-refractivity contribution in [2.24, 2.45) is 17.6 Å². The van der Waals surface area contributed by atoms with Crippen LogP contribution in [0.1, 0.15) is 57.4 Å². The Hall–Kier alpha value is -0.820. The average Bonchev–Trinajstić information content (AvgIpc) is 2.46. The van der Waals surface area contributed by atoms with E-state index >= 15 is 0 Å². The van der Waals surface area contributed by atoms with Crippen LogP contribution in [0, 0.1) is 11.8 Å². The summed E-state index contributed by atoms with van der Waals surface area (Å²) in [5.74, 6) is 2.04. The molecule has 0 heterocycles. The summed E-state index contributed by atoms with van der Waals surface area (Å²) in [5.41, 5.74) is 7.98. The average molecular weight is 245 g/mol. The second kappa shape index (κ2) is 6.38. The molecule has 0 amide bonds. The van der Waals surface area contributed by atoms with Gasteiger partial charge in [-0.15, -0.1) is 0 Å². The fourth-order valence-electron chi connectivity index (χ4n) is 3.60. The molecule has 1 aliphatic carbocycles. The minimum absolute atomic E-state index is 0.317. The molecule has 1 aromatic rings. The molecular weight excluding hydrogens is 218 g/mol. The van der Waals surface area contributed by atoms with Gasteiger partial charge in [0.25, 0.3) is 0 Å². The maximum Gasteiger partial charge on any atom is 0.0136 e. The van der Waals surface area contributed by atoms with Crippen LogP contribution in [0.3, 0.4) is 0 Å². The van der Waals surface area contributed by atoms with Crippen molar-refractivity contribution in [1.82, 2.24) is 0 Å². The third-order valence-electron chi connectivity index (χ3n) is 4.89. The van der Waals surface area contributed by atoms with E-state index in [4.69, 9.17) is 5.73 Å². The zero-order valence-corrected chi connectivity index (χ0v) is 11.8. The lowest BCUT2D eigenvalue weighted by Crippen LogP contribution is -2.40. The molecule has 100 valence electrons. The first kappa shape index (κ1) is 13.6. The monoisotopic (exact) mass is 245 g/mol. The SMILES string of the molecule is CCC1CCCCC1C(N)C(C)c1ccccc1. The summed E-state index contributed by atoms with van der Waals surface area (Å²) in [6, 6.07) is 11.1. The number of nitrogens with two attached hydrogens (primary N) is 1. The molecule has 4 unspecified atom stereocenters. The van der Waals surface area contributed by atoms with Crippen LogP contribution >= 0.6 is 0 Å². The van der Waals surface area contributed by atoms with Gasteiger partial charge in [0.15, 0.2) is 0 Å². The molecule has 0 bridgehead atoms. The third-order valence-corrected chi connectivity index (χ3v) is 4.89. The van der Waals surface area contributed by atoms with Crippen LogP contribution in [0.5, 0.6) is 0 Å². The maximum absolute atomic E-state index is 6.59. The molecule has 0 spiro atoms. The van der Waals surface area contributed by atoms with E-state index in [1.807, 2.05) is 0 Å². The third kappa shape index (κ3) is 2.95. The van der Waals surface area contributed by atoms with Gasteiger partial charge in [0, 0.05) is 6.04 Å². The molecule has 0 radical (unpaired) electrons. The first-order valence-corrected chi connectivity index (χ1v) is 7.54. The van der Waals surface area contributed by atoms with E-state index < -0.39 is 0 Å². The van der Waals surface area contributed by atoms with E-state index in [2.05, 4.69) is 44.2 Å². The number of benzene rings is 1. The first-order chi connectivity index (χ1) is 8.74. The molecule has 1 aromatic carbocycles. The molecule has 0 saturated heterocycles. The molecule has 2 N–H and O–H groups in total. The van der Waals surface area contributed by atoms with Gasteiger partial charge in [-0.25, -0.2) is 0 Å². The number of hydrogen-bond donors (Lipinski definition) is 1. The Bertz CT molecular complexity index is 346. The normalized spacial score (nSPS) is 27.7. The van der Waals surface area contributed by atoms with Gasteiger partial charge in [-0.3, -0.25) is 0 Å². The van der Waals surface area contributed by atoms with Crippen molar-refractivity contribution in [3.8, 4) is 0 Å². The van der Waals surface area contributed by atoms with Crippen molar-refractivity contribution < 1.29 is 0 Å². The molecule has 18 heavy (non-hydrogen) atoms. The van der Waals surface area contributed by atoms with E-state index in [9.17, 15) is 0 Å². The van der Waals surface area contributed by atoms with Gasteiger partial charge in [-0.2, -0.15) is 0 Å². The van der Waals surface area contributed by atoms with Crippen LogP contribution < -0.4 is 5.73 Å². The zero-order chi connectivity index (χ0) is 13.0. The van der Waals surface area contributed by atoms with Gasteiger partial charge in [0.2, 0.25) is 0 Å². The van der Waals surface area contributed by atoms with Crippen LogP contribution in [-0.2, 0) is 0 Å². The Morgan fingerprint density at radius 3 is 2.50 bits per heavy atom. The molecule has 4 atom stereocenters. The predicted molar refractivity (Wildman–Crippen MR) is 78.6 cm³/mol. The highest BCUT2D eigenvalue weighted by Crippen LogP contribution is 2.37. The van der Waals surface area contributed by atoms with Crippen LogP contribution in [0.2, 0.25) is 0 Å². The first-order valence-electron chi connectivity index (χ1n) is 7.54. The van der Waals surface area contributed by atoms with Gasteiger partial charge in [0.1, 0.15) is 0 Å². The topological polar surface area (TPSA) is 26.0 Å². The predicted octanol–water partition coefficient (Wildman–Crippen LogP) is 4.33. The quantitative estimate of drug-likeness (QED) is 0.839. The summed E-state index contributed by atoms with van der Waals surface area (Å²) in [6.45, 7) is 4.62. The van der Waals surface area contributed by atoms with Gasteiger partial charge in [-0.05, 0) is 29.7 Å². The van der Waals surface area contributed by atoms with Gasteiger partial charge in [-0.1, -0.05) is 69.9 Å². The van der Waals surface area contributed by atoms with Gasteiger partial charge >= 0.3 is 0 Å². The minimum atomic E-state index is 0.317. The van der Waals surface area contributed by atoms with Crippen molar-refractivity contribution in [3.63, 3.8) is 0 Å². The van der Waals surface area contributed by atoms with E-state index in [0.717, 1.165) is 11.8 Å². The minimum Gasteiger partial charge on any atom is -0.327 e. The highest BCUT2D eigenvalue weighted by molar-refractivity contribution is 5.20. The zero-order valence-electron chi connectivity index (χ0n) is 11.8. The lowest BCUT2D eigenvalue weighted by atomic mass is 9.70. The second-order valence-corrected chi connectivity index (χ2v) is 5.89. The largest absolute Gasteiger partial charge is 0.327 e.